The van der Waals surface area contributed by atoms with Gasteiger partial charge in [0.1, 0.15) is 5.75 Å². The summed E-state index contributed by atoms with van der Waals surface area (Å²) in [6.07, 6.45) is 0. The number of aromatic hydroxyl groups is 1. The number of phenols is 1. The number of benzene rings is 1. The first-order valence-corrected chi connectivity index (χ1v) is 6.00. The van der Waals surface area contributed by atoms with Crippen molar-refractivity contribution in [2.75, 3.05) is 25.0 Å². The number of phenolic OH excluding ortho intramolecular Hbond substituents is 1. The maximum atomic E-state index is 11.8. The Morgan fingerprint density at radius 2 is 2.05 bits per heavy atom. The molecule has 0 radical (unpaired) electrons. The van der Waals surface area contributed by atoms with E-state index in [1.807, 2.05) is 0 Å². The first kappa shape index (κ1) is 15.0. The van der Waals surface area contributed by atoms with Gasteiger partial charge in [0.15, 0.2) is 0 Å². The summed E-state index contributed by atoms with van der Waals surface area (Å²) in [5, 5.41) is 20.8. The fraction of sp³-hybridized carbons (Fsp3) is 0.385. The number of aliphatic hydroxyl groups excluding tert-OH is 1. The second kappa shape index (κ2) is 6.75. The van der Waals surface area contributed by atoms with Crippen LogP contribution in [0.15, 0.2) is 18.2 Å². The number of aliphatic hydroxyl groups is 1. The second-order valence-electron chi connectivity index (χ2n) is 4.08. The Balaban J connectivity index is 2.76. The Morgan fingerprint density at radius 3 is 2.58 bits per heavy atom. The normalized spacial score (nSPS) is 10.1. The number of hydrogen-bond acceptors (Lipinski definition) is 4. The fourth-order valence-corrected chi connectivity index (χ4v) is 1.59. The predicted molar refractivity (Wildman–Crippen MR) is 70.8 cm³/mol. The van der Waals surface area contributed by atoms with Gasteiger partial charge in [-0.15, -0.1) is 0 Å². The molecule has 2 amide bonds. The Morgan fingerprint density at radius 1 is 1.37 bits per heavy atom. The molecule has 6 heteroatoms. The number of amides is 2. The number of rotatable bonds is 4. The zero-order valence-corrected chi connectivity index (χ0v) is 11.0. The Kier molecular flexibility index (Phi) is 5.32. The number of carbonyl (C=O) groups is 2. The number of hydrogen-bond donors (Lipinski definition) is 3. The van der Waals surface area contributed by atoms with Crippen molar-refractivity contribution in [2.24, 2.45) is 0 Å². The van der Waals surface area contributed by atoms with E-state index in [2.05, 4.69) is 5.32 Å². The Bertz CT molecular complexity index is 474. The largest absolute Gasteiger partial charge is 0.506 e. The van der Waals surface area contributed by atoms with Crippen molar-refractivity contribution in [3.8, 4) is 5.75 Å². The third-order valence-corrected chi connectivity index (χ3v) is 2.63. The number of nitrogens with zero attached hydrogens (tertiary/aromatic N) is 1. The van der Waals surface area contributed by atoms with Gasteiger partial charge in [0.25, 0.3) is 0 Å². The molecule has 0 atom stereocenters. The monoisotopic (exact) mass is 266 g/mol. The highest BCUT2D eigenvalue weighted by Crippen LogP contribution is 2.23. The standard InChI is InChI=1S/C13H18N2O4/c1-3-15(6-7-16)13(19)12(18)14-10-5-4-9(2)8-11(10)17/h4-5,8,16-17H,3,6-7H2,1-2H3,(H,14,18). The van der Waals surface area contributed by atoms with Gasteiger partial charge in [-0.25, -0.2) is 0 Å². The van der Waals surface area contributed by atoms with E-state index in [9.17, 15) is 14.7 Å². The van der Waals surface area contributed by atoms with E-state index in [0.29, 0.717) is 6.54 Å². The molecule has 0 aliphatic carbocycles. The predicted octanol–water partition coefficient (Wildman–Crippen LogP) is 0.480. The minimum atomic E-state index is -0.838. The summed E-state index contributed by atoms with van der Waals surface area (Å²) in [5.41, 5.74) is 1.03. The molecule has 1 rings (SSSR count). The van der Waals surface area contributed by atoms with Crippen LogP contribution in [0.1, 0.15) is 12.5 Å². The van der Waals surface area contributed by atoms with E-state index < -0.39 is 11.8 Å². The number of aryl methyl sites for hydroxylation is 1. The fourth-order valence-electron chi connectivity index (χ4n) is 1.59. The quantitative estimate of drug-likeness (QED) is 0.546. The first-order chi connectivity index (χ1) is 8.99. The van der Waals surface area contributed by atoms with Crippen LogP contribution in [-0.2, 0) is 9.59 Å². The summed E-state index contributed by atoms with van der Waals surface area (Å²) < 4.78 is 0. The van der Waals surface area contributed by atoms with E-state index in [4.69, 9.17) is 5.11 Å². The molecule has 19 heavy (non-hydrogen) atoms. The molecule has 1 aromatic carbocycles. The molecule has 6 nitrogen and oxygen atoms in total. The molecule has 0 heterocycles. The topological polar surface area (TPSA) is 89.9 Å². The first-order valence-electron chi connectivity index (χ1n) is 6.00. The van der Waals surface area contributed by atoms with Crippen LogP contribution in [0.5, 0.6) is 5.75 Å². The smallest absolute Gasteiger partial charge is 0.314 e. The van der Waals surface area contributed by atoms with Gasteiger partial charge < -0.3 is 20.4 Å². The number of likely N-dealkylation sites (N-methyl/N-ethyl adjacent to an activating group) is 1. The zero-order chi connectivity index (χ0) is 14.4. The highest BCUT2D eigenvalue weighted by molar-refractivity contribution is 6.39. The number of anilines is 1. The molecule has 3 N–H and O–H groups in total. The van der Waals surface area contributed by atoms with E-state index in [0.717, 1.165) is 5.56 Å². The van der Waals surface area contributed by atoms with Crippen molar-refractivity contribution < 1.29 is 19.8 Å². The Hall–Kier alpha value is -2.08. The molecule has 0 bridgehead atoms. The SMILES string of the molecule is CCN(CCO)C(=O)C(=O)Nc1ccc(C)cc1O. The van der Waals surface area contributed by atoms with E-state index in [1.165, 1.54) is 17.0 Å². The minimum Gasteiger partial charge on any atom is -0.506 e. The van der Waals surface area contributed by atoms with Gasteiger partial charge in [0, 0.05) is 13.1 Å². The molecule has 0 saturated carbocycles. The minimum absolute atomic E-state index is 0.0913. The molecule has 0 aromatic heterocycles. The second-order valence-corrected chi connectivity index (χ2v) is 4.08. The van der Waals surface area contributed by atoms with Gasteiger partial charge in [-0.3, -0.25) is 9.59 Å². The maximum absolute atomic E-state index is 11.8. The number of carbonyl (C=O) groups excluding carboxylic acids is 2. The van der Waals surface area contributed by atoms with Crippen LogP contribution in [0.25, 0.3) is 0 Å². The molecular formula is C13H18N2O4. The highest BCUT2D eigenvalue weighted by Gasteiger charge is 2.21. The maximum Gasteiger partial charge on any atom is 0.314 e. The van der Waals surface area contributed by atoms with Crippen LogP contribution in [0.2, 0.25) is 0 Å². The number of nitrogens with one attached hydrogen (secondary N) is 1. The van der Waals surface area contributed by atoms with E-state index in [1.54, 1.807) is 19.9 Å². The van der Waals surface area contributed by atoms with Crippen molar-refractivity contribution in [1.82, 2.24) is 4.90 Å². The average molecular weight is 266 g/mol. The summed E-state index contributed by atoms with van der Waals surface area (Å²) in [4.78, 5) is 24.7. The van der Waals surface area contributed by atoms with Gasteiger partial charge in [-0.1, -0.05) is 6.07 Å². The highest BCUT2D eigenvalue weighted by atomic mass is 16.3. The lowest BCUT2D eigenvalue weighted by Crippen LogP contribution is -2.41. The van der Waals surface area contributed by atoms with Gasteiger partial charge >= 0.3 is 11.8 Å². The van der Waals surface area contributed by atoms with Gasteiger partial charge in [0.05, 0.1) is 12.3 Å². The molecule has 0 unspecified atom stereocenters. The summed E-state index contributed by atoms with van der Waals surface area (Å²) in [5.74, 6) is -1.67. The van der Waals surface area contributed by atoms with Crippen LogP contribution >= 0.6 is 0 Å². The van der Waals surface area contributed by atoms with Crippen molar-refractivity contribution in [3.63, 3.8) is 0 Å². The van der Waals surface area contributed by atoms with Crippen LogP contribution in [0, 0.1) is 6.92 Å². The molecular weight excluding hydrogens is 248 g/mol. The van der Waals surface area contributed by atoms with Crippen LogP contribution in [0.4, 0.5) is 5.69 Å². The summed E-state index contributed by atoms with van der Waals surface area (Å²) in [6, 6.07) is 4.73. The third kappa shape index (κ3) is 3.96. The van der Waals surface area contributed by atoms with Crippen LogP contribution < -0.4 is 5.32 Å². The van der Waals surface area contributed by atoms with Crippen LogP contribution in [-0.4, -0.2) is 46.6 Å². The van der Waals surface area contributed by atoms with Crippen molar-refractivity contribution >= 4 is 17.5 Å². The van der Waals surface area contributed by atoms with Crippen LogP contribution in [0.3, 0.4) is 0 Å². The van der Waals surface area contributed by atoms with Crippen molar-refractivity contribution in [3.05, 3.63) is 23.8 Å². The van der Waals surface area contributed by atoms with Gasteiger partial charge in [-0.05, 0) is 31.5 Å². The van der Waals surface area contributed by atoms with Crippen molar-refractivity contribution in [1.29, 1.82) is 0 Å². The van der Waals surface area contributed by atoms with E-state index in [-0.39, 0.29) is 24.6 Å². The average Bonchev–Trinajstić information content (AvgIpc) is 2.38. The van der Waals surface area contributed by atoms with E-state index >= 15 is 0 Å². The molecule has 104 valence electrons. The molecule has 0 aliphatic rings. The summed E-state index contributed by atoms with van der Waals surface area (Å²) in [6.45, 7) is 3.73. The van der Waals surface area contributed by atoms with Crippen molar-refractivity contribution in [2.45, 2.75) is 13.8 Å². The molecule has 1 aromatic rings. The molecule has 0 saturated heterocycles. The summed E-state index contributed by atoms with van der Waals surface area (Å²) >= 11 is 0. The lowest BCUT2D eigenvalue weighted by atomic mass is 10.2. The lowest BCUT2D eigenvalue weighted by Gasteiger charge is -2.19. The summed E-state index contributed by atoms with van der Waals surface area (Å²) in [7, 11) is 0. The Labute approximate surface area is 111 Å². The molecule has 0 aliphatic heterocycles. The molecule has 0 spiro atoms. The zero-order valence-electron chi connectivity index (χ0n) is 11.0. The van der Waals surface area contributed by atoms with Gasteiger partial charge in [-0.2, -0.15) is 0 Å². The third-order valence-electron chi connectivity index (χ3n) is 2.63. The van der Waals surface area contributed by atoms with Gasteiger partial charge in [0.2, 0.25) is 0 Å². The lowest BCUT2D eigenvalue weighted by molar-refractivity contribution is -0.143. The molecule has 0 fully saturated rings.